The third-order valence-corrected chi connectivity index (χ3v) is 3.35. The lowest BCUT2D eigenvalue weighted by molar-refractivity contribution is 0.189. The van der Waals surface area contributed by atoms with Crippen LogP contribution < -0.4 is 10.1 Å². The topological polar surface area (TPSA) is 21.3 Å². The smallest absolute Gasteiger partial charge is 0.128 e. The van der Waals surface area contributed by atoms with Gasteiger partial charge in [0.2, 0.25) is 0 Å². The molecule has 1 heterocycles. The quantitative estimate of drug-likeness (QED) is 0.884. The van der Waals surface area contributed by atoms with Crippen LogP contribution in [0.3, 0.4) is 0 Å². The van der Waals surface area contributed by atoms with Gasteiger partial charge in [-0.05, 0) is 63.4 Å². The Morgan fingerprint density at radius 1 is 1.28 bits per heavy atom. The average molecular weight is 251 g/mol. The standard InChI is InChI=1S/C15H22FNO/c1-11(2)18-14-5-3-4-13(10-14)15(16)12-6-8-17-9-7-12/h3-5,10-12,15,17H,6-9H2,1-2H3. The van der Waals surface area contributed by atoms with Gasteiger partial charge in [0.1, 0.15) is 11.9 Å². The second kappa shape index (κ2) is 6.19. The molecule has 1 atom stereocenters. The van der Waals surface area contributed by atoms with E-state index in [2.05, 4.69) is 5.32 Å². The molecule has 1 aliphatic heterocycles. The fraction of sp³-hybridized carbons (Fsp3) is 0.600. The van der Waals surface area contributed by atoms with Crippen LogP contribution in [-0.4, -0.2) is 19.2 Å². The summed E-state index contributed by atoms with van der Waals surface area (Å²) in [5.74, 6) is 0.902. The average Bonchev–Trinajstić information content (AvgIpc) is 2.38. The van der Waals surface area contributed by atoms with Crippen molar-refractivity contribution in [1.29, 1.82) is 0 Å². The SMILES string of the molecule is CC(C)Oc1cccc(C(F)C2CCNCC2)c1. The molecule has 1 fully saturated rings. The zero-order valence-corrected chi connectivity index (χ0v) is 11.2. The van der Waals surface area contributed by atoms with Crippen molar-refractivity contribution in [3.05, 3.63) is 29.8 Å². The molecule has 0 radical (unpaired) electrons. The summed E-state index contributed by atoms with van der Waals surface area (Å²) in [7, 11) is 0. The first-order valence-corrected chi connectivity index (χ1v) is 6.78. The second-order valence-corrected chi connectivity index (χ2v) is 5.23. The maximum absolute atomic E-state index is 14.5. The molecule has 2 rings (SSSR count). The van der Waals surface area contributed by atoms with E-state index in [4.69, 9.17) is 4.74 Å². The highest BCUT2D eigenvalue weighted by molar-refractivity contribution is 5.30. The van der Waals surface area contributed by atoms with Gasteiger partial charge < -0.3 is 10.1 Å². The minimum atomic E-state index is -0.872. The number of rotatable bonds is 4. The molecule has 3 heteroatoms. The van der Waals surface area contributed by atoms with Crippen molar-refractivity contribution >= 4 is 0 Å². The van der Waals surface area contributed by atoms with Crippen LogP contribution in [0.1, 0.15) is 38.4 Å². The van der Waals surface area contributed by atoms with Gasteiger partial charge in [-0.1, -0.05) is 12.1 Å². The first-order chi connectivity index (χ1) is 8.66. The minimum Gasteiger partial charge on any atom is -0.491 e. The molecular weight excluding hydrogens is 229 g/mol. The van der Waals surface area contributed by atoms with Gasteiger partial charge in [-0.3, -0.25) is 0 Å². The van der Waals surface area contributed by atoms with Crippen molar-refractivity contribution < 1.29 is 9.13 Å². The zero-order valence-electron chi connectivity index (χ0n) is 11.2. The van der Waals surface area contributed by atoms with E-state index in [1.165, 1.54) is 0 Å². The van der Waals surface area contributed by atoms with E-state index in [9.17, 15) is 4.39 Å². The van der Waals surface area contributed by atoms with Crippen LogP contribution in [0.4, 0.5) is 4.39 Å². The third kappa shape index (κ3) is 3.45. The van der Waals surface area contributed by atoms with E-state index in [0.29, 0.717) is 0 Å². The van der Waals surface area contributed by atoms with Gasteiger partial charge in [0, 0.05) is 0 Å². The number of halogens is 1. The van der Waals surface area contributed by atoms with Gasteiger partial charge in [0.25, 0.3) is 0 Å². The maximum atomic E-state index is 14.5. The van der Waals surface area contributed by atoms with Crippen LogP contribution in [-0.2, 0) is 0 Å². The highest BCUT2D eigenvalue weighted by atomic mass is 19.1. The van der Waals surface area contributed by atoms with Gasteiger partial charge in [-0.25, -0.2) is 4.39 Å². The Hall–Kier alpha value is -1.09. The van der Waals surface area contributed by atoms with Crippen molar-refractivity contribution in [2.45, 2.75) is 39.0 Å². The Balaban J connectivity index is 2.06. The maximum Gasteiger partial charge on any atom is 0.128 e. The molecule has 0 aliphatic carbocycles. The number of hydrogen-bond donors (Lipinski definition) is 1. The fourth-order valence-corrected chi connectivity index (χ4v) is 2.44. The third-order valence-electron chi connectivity index (χ3n) is 3.35. The van der Waals surface area contributed by atoms with Gasteiger partial charge in [0.15, 0.2) is 0 Å². The molecule has 1 aromatic carbocycles. The molecule has 0 aromatic heterocycles. The summed E-state index contributed by atoms with van der Waals surface area (Å²) in [4.78, 5) is 0. The Morgan fingerprint density at radius 2 is 2.00 bits per heavy atom. The first kappa shape index (κ1) is 13.3. The molecule has 1 unspecified atom stereocenters. The van der Waals surface area contributed by atoms with E-state index in [0.717, 1.165) is 37.2 Å². The lowest BCUT2D eigenvalue weighted by Crippen LogP contribution is -2.29. The number of hydrogen-bond acceptors (Lipinski definition) is 2. The summed E-state index contributed by atoms with van der Waals surface area (Å²) >= 11 is 0. The van der Waals surface area contributed by atoms with Crippen LogP contribution in [0, 0.1) is 5.92 Å². The van der Waals surface area contributed by atoms with E-state index >= 15 is 0 Å². The van der Waals surface area contributed by atoms with Gasteiger partial charge in [-0.15, -0.1) is 0 Å². The lowest BCUT2D eigenvalue weighted by atomic mass is 9.89. The summed E-state index contributed by atoms with van der Waals surface area (Å²) in [6, 6.07) is 7.46. The molecule has 1 saturated heterocycles. The highest BCUT2D eigenvalue weighted by Gasteiger charge is 2.24. The van der Waals surface area contributed by atoms with Crippen molar-refractivity contribution in [2.24, 2.45) is 5.92 Å². The summed E-state index contributed by atoms with van der Waals surface area (Å²) in [6.45, 7) is 5.80. The largest absolute Gasteiger partial charge is 0.491 e. The Kier molecular flexibility index (Phi) is 4.59. The van der Waals surface area contributed by atoms with E-state index in [1.807, 2.05) is 38.1 Å². The molecule has 2 nitrogen and oxygen atoms in total. The highest BCUT2D eigenvalue weighted by Crippen LogP contribution is 2.33. The molecule has 100 valence electrons. The molecule has 0 bridgehead atoms. The van der Waals surface area contributed by atoms with Crippen molar-refractivity contribution in [1.82, 2.24) is 5.32 Å². The van der Waals surface area contributed by atoms with Crippen molar-refractivity contribution in [2.75, 3.05) is 13.1 Å². The Bertz CT molecular complexity index is 375. The molecule has 1 aliphatic rings. The number of ether oxygens (including phenoxy) is 1. The molecule has 18 heavy (non-hydrogen) atoms. The summed E-state index contributed by atoms with van der Waals surface area (Å²) in [5, 5.41) is 3.27. The molecule has 0 saturated carbocycles. The number of nitrogens with one attached hydrogen (secondary N) is 1. The molecular formula is C15H22FNO. The van der Waals surface area contributed by atoms with Crippen LogP contribution in [0.15, 0.2) is 24.3 Å². The van der Waals surface area contributed by atoms with Crippen molar-refractivity contribution in [3.8, 4) is 5.75 Å². The van der Waals surface area contributed by atoms with Gasteiger partial charge in [-0.2, -0.15) is 0 Å². The first-order valence-electron chi connectivity index (χ1n) is 6.78. The number of benzene rings is 1. The van der Waals surface area contributed by atoms with Crippen LogP contribution in [0.2, 0.25) is 0 Å². The van der Waals surface area contributed by atoms with Gasteiger partial charge >= 0.3 is 0 Å². The van der Waals surface area contributed by atoms with Crippen LogP contribution >= 0.6 is 0 Å². The monoisotopic (exact) mass is 251 g/mol. The lowest BCUT2D eigenvalue weighted by Gasteiger charge is -2.26. The van der Waals surface area contributed by atoms with E-state index < -0.39 is 6.17 Å². The Labute approximate surface area is 109 Å². The van der Waals surface area contributed by atoms with E-state index in [-0.39, 0.29) is 12.0 Å². The van der Waals surface area contributed by atoms with Gasteiger partial charge in [0.05, 0.1) is 6.10 Å². The molecule has 1 aromatic rings. The normalized spacial score (nSPS) is 18.9. The van der Waals surface area contributed by atoms with Crippen molar-refractivity contribution in [3.63, 3.8) is 0 Å². The molecule has 0 spiro atoms. The van der Waals surface area contributed by atoms with E-state index in [1.54, 1.807) is 0 Å². The second-order valence-electron chi connectivity index (χ2n) is 5.23. The number of piperidine rings is 1. The predicted molar refractivity (Wildman–Crippen MR) is 71.6 cm³/mol. The van der Waals surface area contributed by atoms with Crippen LogP contribution in [0.5, 0.6) is 5.75 Å². The zero-order chi connectivity index (χ0) is 13.0. The molecule has 0 amide bonds. The fourth-order valence-electron chi connectivity index (χ4n) is 2.44. The summed E-state index contributed by atoms with van der Waals surface area (Å²) in [5.41, 5.74) is 0.750. The predicted octanol–water partition coefficient (Wildman–Crippen LogP) is 3.48. The molecule has 1 N–H and O–H groups in total. The summed E-state index contributed by atoms with van der Waals surface area (Å²) < 4.78 is 20.1. The number of alkyl halides is 1. The summed E-state index contributed by atoms with van der Waals surface area (Å²) in [6.07, 6.45) is 1.08. The van der Waals surface area contributed by atoms with Crippen LogP contribution in [0.25, 0.3) is 0 Å². The minimum absolute atomic E-state index is 0.122. The Morgan fingerprint density at radius 3 is 2.67 bits per heavy atom.